The van der Waals surface area contributed by atoms with Gasteiger partial charge in [0.15, 0.2) is 12.5 Å². The van der Waals surface area contributed by atoms with Crippen LogP contribution in [0.3, 0.4) is 0 Å². The minimum absolute atomic E-state index is 0.0488. The summed E-state index contributed by atoms with van der Waals surface area (Å²) in [4.78, 5) is 40.5. The highest BCUT2D eigenvalue weighted by Gasteiger charge is 2.28. The molecule has 1 aromatic heterocycles. The molecule has 2 rings (SSSR count). The van der Waals surface area contributed by atoms with Crippen LogP contribution < -0.4 is 22.1 Å². The van der Waals surface area contributed by atoms with Gasteiger partial charge in [-0.1, -0.05) is 13.8 Å². The fourth-order valence-electron chi connectivity index (χ4n) is 2.61. The minimum Gasteiger partial charge on any atom is -0.391 e. The van der Waals surface area contributed by atoms with Crippen LogP contribution in [0.5, 0.6) is 0 Å². The molecule has 0 aliphatic carbocycles. The largest absolute Gasteiger partial charge is 0.391 e. The molecule has 0 bridgehead atoms. The third-order valence-corrected chi connectivity index (χ3v) is 4.03. The zero-order chi connectivity index (χ0) is 20.8. The Balaban J connectivity index is 2.08. The topological polar surface area (TPSA) is 158 Å². The fraction of sp³-hybridized carbons (Fsp3) is 0.647. The standard InChI is InChI=1S/C17H27N5O6/c1-9(2)6-11(19-15(24)10(3)18)16(25)20-12-4-5-22(17(26)21-12)13-8-27-14(7-23)28-13/h4-5,9-11,13-14,23H,6-8,18H2,1-3H3,(H,19,24)(H,20,21,25,26). The number of rotatable bonds is 8. The molecule has 11 nitrogen and oxygen atoms in total. The van der Waals surface area contributed by atoms with Gasteiger partial charge in [0, 0.05) is 6.20 Å². The molecule has 1 fully saturated rings. The molecule has 4 atom stereocenters. The van der Waals surface area contributed by atoms with Crippen molar-refractivity contribution >= 4 is 17.6 Å². The number of aromatic nitrogens is 2. The lowest BCUT2D eigenvalue weighted by Crippen LogP contribution is -2.49. The summed E-state index contributed by atoms with van der Waals surface area (Å²) in [7, 11) is 0. The van der Waals surface area contributed by atoms with Gasteiger partial charge >= 0.3 is 5.69 Å². The molecule has 5 N–H and O–H groups in total. The summed E-state index contributed by atoms with van der Waals surface area (Å²) in [5, 5.41) is 14.2. The Labute approximate surface area is 162 Å². The number of carbonyl (C=O) groups is 2. The number of hydrogen-bond donors (Lipinski definition) is 4. The van der Waals surface area contributed by atoms with Crippen molar-refractivity contribution in [3.63, 3.8) is 0 Å². The van der Waals surface area contributed by atoms with E-state index in [0.29, 0.717) is 6.42 Å². The summed E-state index contributed by atoms with van der Waals surface area (Å²) in [6, 6.07) is -0.116. The van der Waals surface area contributed by atoms with Crippen LogP contribution >= 0.6 is 0 Å². The Morgan fingerprint density at radius 1 is 1.39 bits per heavy atom. The van der Waals surface area contributed by atoms with Crippen molar-refractivity contribution in [2.24, 2.45) is 11.7 Å². The predicted molar refractivity (Wildman–Crippen MR) is 99.1 cm³/mol. The number of hydrogen-bond acceptors (Lipinski definition) is 8. The number of ether oxygens (including phenoxy) is 2. The van der Waals surface area contributed by atoms with Crippen LogP contribution in [-0.4, -0.2) is 58.1 Å². The molecular weight excluding hydrogens is 370 g/mol. The van der Waals surface area contributed by atoms with Crippen molar-refractivity contribution in [2.75, 3.05) is 18.5 Å². The molecule has 0 radical (unpaired) electrons. The van der Waals surface area contributed by atoms with Gasteiger partial charge < -0.3 is 30.9 Å². The Bertz CT molecular complexity index is 750. The van der Waals surface area contributed by atoms with E-state index in [1.54, 1.807) is 0 Å². The molecule has 156 valence electrons. The van der Waals surface area contributed by atoms with Gasteiger partial charge in [-0.3, -0.25) is 14.2 Å². The second kappa shape index (κ2) is 9.73. The summed E-state index contributed by atoms with van der Waals surface area (Å²) in [5.74, 6) is -0.745. The zero-order valence-corrected chi connectivity index (χ0v) is 16.1. The molecule has 2 amide bonds. The van der Waals surface area contributed by atoms with Gasteiger partial charge in [0.25, 0.3) is 0 Å². The Morgan fingerprint density at radius 2 is 2.11 bits per heavy atom. The number of aliphatic hydroxyl groups excluding tert-OH is 1. The molecule has 1 aliphatic heterocycles. The second-order valence-corrected chi connectivity index (χ2v) is 7.01. The van der Waals surface area contributed by atoms with Gasteiger partial charge in [-0.2, -0.15) is 4.98 Å². The highest BCUT2D eigenvalue weighted by Crippen LogP contribution is 2.19. The molecule has 0 saturated carbocycles. The van der Waals surface area contributed by atoms with Crippen molar-refractivity contribution in [3.8, 4) is 0 Å². The summed E-state index contributed by atoms with van der Waals surface area (Å²) in [5.41, 5.74) is 4.90. The van der Waals surface area contributed by atoms with Crippen molar-refractivity contribution in [1.82, 2.24) is 14.9 Å². The average Bonchev–Trinajstić information content (AvgIpc) is 3.09. The Hall–Kier alpha value is -2.34. The number of aliphatic hydroxyl groups is 1. The van der Waals surface area contributed by atoms with Gasteiger partial charge in [0.2, 0.25) is 11.8 Å². The van der Waals surface area contributed by atoms with Crippen molar-refractivity contribution in [2.45, 2.75) is 51.8 Å². The monoisotopic (exact) mass is 397 g/mol. The first-order valence-corrected chi connectivity index (χ1v) is 9.05. The van der Waals surface area contributed by atoms with Gasteiger partial charge in [-0.05, 0) is 25.3 Å². The van der Waals surface area contributed by atoms with E-state index in [0.717, 1.165) is 0 Å². The molecule has 1 aromatic rings. The lowest BCUT2D eigenvalue weighted by atomic mass is 10.0. The summed E-state index contributed by atoms with van der Waals surface area (Å²) < 4.78 is 11.7. The van der Waals surface area contributed by atoms with E-state index in [-0.39, 0.29) is 24.9 Å². The van der Waals surface area contributed by atoms with E-state index in [9.17, 15) is 14.4 Å². The van der Waals surface area contributed by atoms with Crippen molar-refractivity contribution < 1.29 is 24.2 Å². The normalized spacial score (nSPS) is 21.4. The highest BCUT2D eigenvalue weighted by molar-refractivity contribution is 5.97. The number of nitrogens with one attached hydrogen (secondary N) is 2. The summed E-state index contributed by atoms with van der Waals surface area (Å²) >= 11 is 0. The maximum absolute atomic E-state index is 12.6. The molecule has 1 saturated heterocycles. The summed E-state index contributed by atoms with van der Waals surface area (Å²) in [6.45, 7) is 5.13. The average molecular weight is 397 g/mol. The third-order valence-electron chi connectivity index (χ3n) is 4.03. The predicted octanol–water partition coefficient (Wildman–Crippen LogP) is -1.08. The fourth-order valence-corrected chi connectivity index (χ4v) is 2.61. The second-order valence-electron chi connectivity index (χ2n) is 7.01. The molecule has 0 aromatic carbocycles. The van der Waals surface area contributed by atoms with Crippen LogP contribution in [0.2, 0.25) is 0 Å². The van der Waals surface area contributed by atoms with Gasteiger partial charge in [0.05, 0.1) is 19.3 Å². The third kappa shape index (κ3) is 5.83. The van der Waals surface area contributed by atoms with Crippen LogP contribution in [0.1, 0.15) is 33.4 Å². The number of nitrogens with two attached hydrogens (primary N) is 1. The first kappa shape index (κ1) is 22.0. The SMILES string of the molecule is CC(C)CC(NC(=O)C(C)N)C(=O)Nc1ccn(C2COC(CO)O2)c(=O)n1. The van der Waals surface area contributed by atoms with E-state index in [4.69, 9.17) is 20.3 Å². The molecule has 2 heterocycles. The van der Waals surface area contributed by atoms with Gasteiger partial charge in [0.1, 0.15) is 11.9 Å². The molecular formula is C17H27N5O6. The molecule has 4 unspecified atom stereocenters. The van der Waals surface area contributed by atoms with Gasteiger partial charge in [-0.25, -0.2) is 4.79 Å². The maximum atomic E-state index is 12.6. The molecule has 0 spiro atoms. The molecule has 28 heavy (non-hydrogen) atoms. The lowest BCUT2D eigenvalue weighted by Gasteiger charge is -2.21. The number of nitrogens with zero attached hydrogens (tertiary/aromatic N) is 2. The smallest absolute Gasteiger partial charge is 0.351 e. The van der Waals surface area contributed by atoms with Crippen LogP contribution in [0.15, 0.2) is 17.1 Å². The Kier molecular flexibility index (Phi) is 7.63. The number of amides is 2. The first-order chi connectivity index (χ1) is 13.2. The van der Waals surface area contributed by atoms with Gasteiger partial charge in [-0.15, -0.1) is 0 Å². The van der Waals surface area contributed by atoms with Crippen LogP contribution in [0.4, 0.5) is 5.82 Å². The highest BCUT2D eigenvalue weighted by atomic mass is 16.7. The zero-order valence-electron chi connectivity index (χ0n) is 16.1. The van der Waals surface area contributed by atoms with Crippen LogP contribution in [0, 0.1) is 5.92 Å². The van der Waals surface area contributed by atoms with E-state index in [1.807, 2.05) is 13.8 Å². The maximum Gasteiger partial charge on any atom is 0.351 e. The van der Waals surface area contributed by atoms with E-state index < -0.39 is 42.1 Å². The summed E-state index contributed by atoms with van der Waals surface area (Å²) in [6.07, 6.45) is 0.316. The molecule has 11 heteroatoms. The lowest BCUT2D eigenvalue weighted by molar-refractivity contribution is -0.127. The van der Waals surface area contributed by atoms with Crippen molar-refractivity contribution in [3.05, 3.63) is 22.7 Å². The van der Waals surface area contributed by atoms with E-state index in [2.05, 4.69) is 15.6 Å². The first-order valence-electron chi connectivity index (χ1n) is 9.05. The molecule has 1 aliphatic rings. The van der Waals surface area contributed by atoms with Crippen molar-refractivity contribution in [1.29, 1.82) is 0 Å². The van der Waals surface area contributed by atoms with Crippen LogP contribution in [-0.2, 0) is 19.1 Å². The van der Waals surface area contributed by atoms with E-state index in [1.165, 1.54) is 23.8 Å². The number of anilines is 1. The minimum atomic E-state index is -0.806. The quantitative estimate of drug-likeness (QED) is 0.431. The van der Waals surface area contributed by atoms with Crippen LogP contribution in [0.25, 0.3) is 0 Å². The number of carbonyl (C=O) groups excluding carboxylic acids is 2. The van der Waals surface area contributed by atoms with E-state index >= 15 is 0 Å². The Morgan fingerprint density at radius 3 is 2.64 bits per heavy atom.